The van der Waals surface area contributed by atoms with Crippen LogP contribution in [0.15, 0.2) is 61.1 Å². The minimum absolute atomic E-state index is 0.0937. The van der Waals surface area contributed by atoms with Crippen LogP contribution >= 0.6 is 0 Å². The van der Waals surface area contributed by atoms with Crippen LogP contribution in [0.25, 0.3) is 16.9 Å². The molecule has 0 atom stereocenters. The van der Waals surface area contributed by atoms with Gasteiger partial charge in [0.05, 0.1) is 6.20 Å². The molecule has 28 heavy (non-hydrogen) atoms. The van der Waals surface area contributed by atoms with Crippen LogP contribution in [-0.2, 0) is 5.41 Å². The van der Waals surface area contributed by atoms with Gasteiger partial charge in [0, 0.05) is 34.6 Å². The van der Waals surface area contributed by atoms with Crippen LogP contribution < -0.4 is 5.73 Å². The minimum Gasteiger partial charge on any atom is -0.383 e. The van der Waals surface area contributed by atoms with E-state index in [2.05, 4.69) is 42.6 Å². The second kappa shape index (κ2) is 6.82. The number of benzene rings is 1. The van der Waals surface area contributed by atoms with Gasteiger partial charge in [0.1, 0.15) is 17.2 Å². The summed E-state index contributed by atoms with van der Waals surface area (Å²) in [5.74, 6) is 6.81. The van der Waals surface area contributed by atoms with Gasteiger partial charge in [-0.25, -0.2) is 9.97 Å². The number of nitrogen functional groups attached to an aromatic ring is 1. The summed E-state index contributed by atoms with van der Waals surface area (Å²) in [5.41, 5.74) is 11.5. The number of rotatable bonds is 1. The van der Waals surface area contributed by atoms with Crippen LogP contribution in [0.5, 0.6) is 0 Å². The standard InChI is InChI=1S/C23H21N5/c1-23(2,3)19-14-25-15-20-27-21(22(24)28(19)20)17-10-7-16(8-11-17)9-12-18-6-4-5-13-26-18/h4-8,10-11,13-15H,24H2,1-3H3. The third-order valence-electron chi connectivity index (χ3n) is 4.49. The zero-order chi connectivity index (χ0) is 19.7. The van der Waals surface area contributed by atoms with E-state index in [-0.39, 0.29) is 5.41 Å². The molecule has 0 saturated carbocycles. The Bertz CT molecular complexity index is 1190. The van der Waals surface area contributed by atoms with Crippen molar-refractivity contribution in [2.75, 3.05) is 5.73 Å². The van der Waals surface area contributed by atoms with E-state index in [4.69, 9.17) is 10.7 Å². The van der Waals surface area contributed by atoms with Crippen molar-refractivity contribution in [1.29, 1.82) is 0 Å². The van der Waals surface area contributed by atoms with E-state index < -0.39 is 0 Å². The van der Waals surface area contributed by atoms with Crippen molar-refractivity contribution in [3.8, 4) is 23.1 Å². The van der Waals surface area contributed by atoms with E-state index in [1.807, 2.05) is 53.1 Å². The summed E-state index contributed by atoms with van der Waals surface area (Å²) >= 11 is 0. The Hall–Kier alpha value is -3.65. The fourth-order valence-electron chi connectivity index (χ4n) is 3.05. The number of anilines is 1. The highest BCUT2D eigenvalue weighted by molar-refractivity contribution is 5.75. The SMILES string of the molecule is CC(C)(C)c1cncc2nc(-c3ccc(C#Cc4ccccn4)cc3)c(N)n12. The third-order valence-corrected chi connectivity index (χ3v) is 4.49. The van der Waals surface area contributed by atoms with Crippen molar-refractivity contribution < 1.29 is 0 Å². The summed E-state index contributed by atoms with van der Waals surface area (Å²) in [6.45, 7) is 6.41. The first-order valence-corrected chi connectivity index (χ1v) is 9.09. The molecule has 138 valence electrons. The highest BCUT2D eigenvalue weighted by atomic mass is 15.1. The van der Waals surface area contributed by atoms with Gasteiger partial charge in [0.2, 0.25) is 0 Å². The smallest absolute Gasteiger partial charge is 0.157 e. The number of pyridine rings is 1. The molecular formula is C23H21N5. The second-order valence-corrected chi connectivity index (χ2v) is 7.62. The van der Waals surface area contributed by atoms with Crippen LogP contribution in [0, 0.1) is 11.8 Å². The third kappa shape index (κ3) is 3.33. The van der Waals surface area contributed by atoms with Gasteiger partial charge in [-0.3, -0.25) is 9.38 Å². The van der Waals surface area contributed by atoms with Gasteiger partial charge in [0.25, 0.3) is 0 Å². The molecular weight excluding hydrogens is 346 g/mol. The molecule has 0 fully saturated rings. The van der Waals surface area contributed by atoms with Gasteiger partial charge in [-0.15, -0.1) is 0 Å². The molecule has 2 N–H and O–H groups in total. The Morgan fingerprint density at radius 1 is 0.964 bits per heavy atom. The quantitative estimate of drug-likeness (QED) is 0.515. The summed E-state index contributed by atoms with van der Waals surface area (Å²) in [6.07, 6.45) is 5.33. The van der Waals surface area contributed by atoms with E-state index in [1.165, 1.54) is 0 Å². The fraction of sp³-hybridized carbons (Fsp3) is 0.174. The predicted octanol–water partition coefficient (Wildman–Crippen LogP) is 4.07. The Morgan fingerprint density at radius 2 is 1.75 bits per heavy atom. The molecule has 0 aliphatic carbocycles. The molecule has 0 saturated heterocycles. The number of hydrogen-bond acceptors (Lipinski definition) is 4. The number of aromatic nitrogens is 4. The molecule has 4 aromatic rings. The van der Waals surface area contributed by atoms with Crippen LogP contribution in [0.1, 0.15) is 37.7 Å². The molecule has 0 aliphatic rings. The fourth-order valence-corrected chi connectivity index (χ4v) is 3.05. The largest absolute Gasteiger partial charge is 0.383 e. The molecule has 3 heterocycles. The summed E-state index contributed by atoms with van der Waals surface area (Å²) in [7, 11) is 0. The number of nitrogens with two attached hydrogens (primary N) is 1. The highest BCUT2D eigenvalue weighted by Crippen LogP contribution is 2.31. The molecule has 5 nitrogen and oxygen atoms in total. The van der Waals surface area contributed by atoms with Gasteiger partial charge in [0.15, 0.2) is 5.65 Å². The first kappa shape index (κ1) is 17.7. The Balaban J connectivity index is 1.71. The maximum absolute atomic E-state index is 6.48. The van der Waals surface area contributed by atoms with Gasteiger partial charge >= 0.3 is 0 Å². The Morgan fingerprint density at radius 3 is 2.43 bits per heavy atom. The maximum Gasteiger partial charge on any atom is 0.157 e. The van der Waals surface area contributed by atoms with Crippen molar-refractivity contribution >= 4 is 11.5 Å². The van der Waals surface area contributed by atoms with Gasteiger partial charge < -0.3 is 5.73 Å². The second-order valence-electron chi connectivity index (χ2n) is 7.62. The lowest BCUT2D eigenvalue weighted by Gasteiger charge is -2.20. The first-order valence-electron chi connectivity index (χ1n) is 9.09. The van der Waals surface area contributed by atoms with E-state index in [0.29, 0.717) is 5.82 Å². The number of imidazole rings is 1. The van der Waals surface area contributed by atoms with Crippen molar-refractivity contribution in [1.82, 2.24) is 19.4 Å². The molecule has 1 aromatic carbocycles. The van der Waals surface area contributed by atoms with E-state index in [1.54, 1.807) is 12.4 Å². The molecule has 0 radical (unpaired) electrons. The molecule has 5 heteroatoms. The van der Waals surface area contributed by atoms with Crippen LogP contribution in [0.3, 0.4) is 0 Å². The van der Waals surface area contributed by atoms with E-state index in [9.17, 15) is 0 Å². The van der Waals surface area contributed by atoms with Crippen LogP contribution in [0.2, 0.25) is 0 Å². The number of fused-ring (bicyclic) bond motifs is 1. The van der Waals surface area contributed by atoms with Gasteiger partial charge in [-0.2, -0.15) is 0 Å². The molecule has 0 bridgehead atoms. The van der Waals surface area contributed by atoms with Crippen molar-refractivity contribution in [2.24, 2.45) is 0 Å². The highest BCUT2D eigenvalue weighted by Gasteiger charge is 2.21. The molecule has 4 rings (SSSR count). The lowest BCUT2D eigenvalue weighted by Crippen LogP contribution is -2.17. The summed E-state index contributed by atoms with van der Waals surface area (Å²) < 4.78 is 1.98. The summed E-state index contributed by atoms with van der Waals surface area (Å²) in [6, 6.07) is 13.6. The molecule has 0 aliphatic heterocycles. The van der Waals surface area contributed by atoms with Crippen LogP contribution in [0.4, 0.5) is 5.82 Å². The normalized spacial score (nSPS) is 11.2. The number of nitrogens with zero attached hydrogens (tertiary/aromatic N) is 4. The van der Waals surface area contributed by atoms with Crippen molar-refractivity contribution in [3.63, 3.8) is 0 Å². The average molecular weight is 367 g/mol. The Labute approximate surface area is 164 Å². The maximum atomic E-state index is 6.48. The zero-order valence-electron chi connectivity index (χ0n) is 16.1. The van der Waals surface area contributed by atoms with Crippen LogP contribution in [-0.4, -0.2) is 19.4 Å². The molecule has 0 spiro atoms. The van der Waals surface area contributed by atoms with E-state index >= 15 is 0 Å². The topological polar surface area (TPSA) is 69.1 Å². The monoisotopic (exact) mass is 367 g/mol. The summed E-state index contributed by atoms with van der Waals surface area (Å²) in [4.78, 5) is 13.3. The summed E-state index contributed by atoms with van der Waals surface area (Å²) in [5, 5.41) is 0. The van der Waals surface area contributed by atoms with Gasteiger partial charge in [-0.05, 0) is 30.2 Å². The predicted molar refractivity (Wildman–Crippen MR) is 112 cm³/mol. The lowest BCUT2D eigenvalue weighted by molar-refractivity contribution is 0.558. The Kier molecular flexibility index (Phi) is 4.32. The van der Waals surface area contributed by atoms with Crippen molar-refractivity contribution in [2.45, 2.75) is 26.2 Å². The first-order chi connectivity index (χ1) is 13.4. The van der Waals surface area contributed by atoms with Gasteiger partial charge in [-0.1, -0.05) is 44.9 Å². The zero-order valence-corrected chi connectivity index (χ0v) is 16.1. The lowest BCUT2D eigenvalue weighted by atomic mass is 9.92. The van der Waals surface area contributed by atoms with Crippen molar-refractivity contribution in [3.05, 3.63) is 78.0 Å². The number of hydrogen-bond donors (Lipinski definition) is 1. The minimum atomic E-state index is -0.0937. The van der Waals surface area contributed by atoms with E-state index in [0.717, 1.165) is 33.9 Å². The average Bonchev–Trinajstić information content (AvgIpc) is 3.04. The molecule has 0 unspecified atom stereocenters. The molecule has 0 amide bonds. The molecule has 3 aromatic heterocycles.